The molecule has 4 aromatic carbocycles. The fraction of sp³-hybridized carbons (Fsp3) is 0.188. The van der Waals surface area contributed by atoms with Gasteiger partial charge in [0.15, 0.2) is 11.1 Å². The Morgan fingerprint density at radius 1 is 0.483 bits per heavy atom. The Balaban J connectivity index is 1.39. The molecule has 1 saturated carbocycles. The second-order valence-corrected chi connectivity index (χ2v) is 13.2. The van der Waals surface area contributed by atoms with E-state index in [1.807, 2.05) is 0 Å². The summed E-state index contributed by atoms with van der Waals surface area (Å²) in [5, 5.41) is 88.3. The molecule has 7 rings (SSSR count). The molecule has 28 heteroatoms. The highest BCUT2D eigenvalue weighted by Gasteiger charge is 2.70. The first-order valence-corrected chi connectivity index (χ1v) is 16.9. The van der Waals surface area contributed by atoms with Crippen LogP contribution in [0.4, 0.5) is 56.9 Å². The Labute approximate surface area is 330 Å². The van der Waals surface area contributed by atoms with Crippen LogP contribution >= 0.6 is 0 Å². The highest BCUT2D eigenvalue weighted by Crippen LogP contribution is 2.51. The summed E-state index contributed by atoms with van der Waals surface area (Å²) in [5.74, 6) is -2.07. The molecule has 2 aliphatic heterocycles. The number of rotatable bonds is 12. The van der Waals surface area contributed by atoms with Crippen molar-refractivity contribution in [1.82, 2.24) is 10.9 Å². The topological polar surface area (TPSA) is 373 Å². The molecule has 2 saturated heterocycles. The van der Waals surface area contributed by atoms with Gasteiger partial charge in [-0.1, -0.05) is 0 Å². The Morgan fingerprint density at radius 3 is 1.10 bits per heavy atom. The van der Waals surface area contributed by atoms with Crippen molar-refractivity contribution >= 4 is 68.7 Å². The van der Waals surface area contributed by atoms with Crippen LogP contribution in [0.3, 0.4) is 0 Å². The second kappa shape index (κ2) is 14.7. The van der Waals surface area contributed by atoms with Gasteiger partial charge in [-0.2, -0.15) is 20.5 Å². The van der Waals surface area contributed by atoms with Crippen molar-refractivity contribution in [1.29, 1.82) is 0 Å². The molecule has 0 aromatic heterocycles. The van der Waals surface area contributed by atoms with Gasteiger partial charge in [0.05, 0.1) is 65.1 Å². The van der Waals surface area contributed by atoms with Crippen molar-refractivity contribution in [3.05, 3.63) is 146 Å². The van der Waals surface area contributed by atoms with Crippen LogP contribution in [-0.4, -0.2) is 64.5 Å². The first-order valence-electron chi connectivity index (χ1n) is 16.9. The number of amides is 2. The second-order valence-electron chi connectivity index (χ2n) is 13.2. The van der Waals surface area contributed by atoms with E-state index in [1.54, 1.807) is 0 Å². The van der Waals surface area contributed by atoms with Gasteiger partial charge in [-0.05, 0) is 36.4 Å². The van der Waals surface area contributed by atoms with Crippen LogP contribution < -0.4 is 20.9 Å². The number of anilines is 2. The van der Waals surface area contributed by atoms with Gasteiger partial charge in [0.25, 0.3) is 34.6 Å². The highest BCUT2D eigenvalue weighted by atomic mass is 16.6. The molecule has 60 heavy (non-hydrogen) atoms. The maximum atomic E-state index is 14.7. The fourth-order valence-corrected chi connectivity index (χ4v) is 7.00. The molecule has 0 bridgehead atoms. The van der Waals surface area contributed by atoms with E-state index in [1.165, 1.54) is 24.3 Å². The van der Waals surface area contributed by atoms with Crippen molar-refractivity contribution in [2.24, 2.45) is 20.5 Å². The van der Waals surface area contributed by atoms with Crippen LogP contribution in [0.15, 0.2) is 105 Å². The first kappa shape index (κ1) is 39.6. The van der Waals surface area contributed by atoms with Crippen LogP contribution in [0, 0.1) is 60.7 Å². The summed E-state index contributed by atoms with van der Waals surface area (Å²) in [7, 11) is 0. The molecule has 2 amide bonds. The number of azo groups is 2. The number of hydrogen-bond donors (Lipinski definition) is 2. The Kier molecular flexibility index (Phi) is 9.69. The zero-order valence-electron chi connectivity index (χ0n) is 29.7. The van der Waals surface area contributed by atoms with E-state index < -0.39 is 111 Å². The van der Waals surface area contributed by atoms with Gasteiger partial charge < -0.3 is 0 Å². The van der Waals surface area contributed by atoms with E-state index in [4.69, 9.17) is 0 Å². The number of fused-ring (bicyclic) bond motifs is 2. The number of carbonyl (C=O) groups is 2. The van der Waals surface area contributed by atoms with Gasteiger partial charge in [-0.15, -0.1) is 0 Å². The maximum Gasteiger partial charge on any atom is 0.301 e. The largest absolute Gasteiger partial charge is 0.301 e. The number of hydrazine groups is 2. The third-order valence-electron chi connectivity index (χ3n) is 9.92. The van der Waals surface area contributed by atoms with Crippen LogP contribution in [0.1, 0.15) is 12.8 Å². The SMILES string of the molecule is O=C1N(c2ccc([N+](=O)[O-])cc2[N+](=O)[O-])NC2CC3(N=Nc4ccc([N+](=O)[O-])cc4)C(=O)N(c4ccc([N+](=O)[O-])cc4[N+](=O)[O-])NC3CC12N=Nc1ccc([N+](=O)[O-])cc1. The molecule has 28 nitrogen and oxygen atoms in total. The summed E-state index contributed by atoms with van der Waals surface area (Å²) in [6.45, 7) is 0. The van der Waals surface area contributed by atoms with Crippen molar-refractivity contribution in [2.45, 2.75) is 36.0 Å². The third kappa shape index (κ3) is 6.68. The van der Waals surface area contributed by atoms with Gasteiger partial charge in [-0.25, -0.2) is 20.9 Å². The molecular weight excluding hydrogens is 804 g/mol. The van der Waals surface area contributed by atoms with Crippen molar-refractivity contribution < 1.29 is 39.1 Å². The minimum absolute atomic E-state index is 0.00502. The minimum Gasteiger partial charge on any atom is -0.270 e. The molecular formula is C32H22N14O14. The standard InChI is InChI=1S/C32H22N14O14/c47-29-31(37-33-17-1-5-19(6-2-17)41(49)50)15-28-32(38-34-18-3-7-20(8-4-18)42(51)52,30(48)40(36-28)24-12-10-22(44(55)56)14-26(24)46(59)60)16-27(31)35-39(29)23-11-9-21(43(53)54)13-25(23)45(57)58/h1-14,27-28,35-36H,15-16H2. The van der Waals surface area contributed by atoms with Gasteiger partial charge in [-0.3, -0.25) is 70.3 Å². The molecule has 3 fully saturated rings. The molecule has 0 radical (unpaired) electrons. The average molecular weight is 827 g/mol. The number of non-ortho nitro benzene ring substituents is 4. The minimum atomic E-state index is -2.15. The van der Waals surface area contributed by atoms with Gasteiger partial charge >= 0.3 is 11.4 Å². The van der Waals surface area contributed by atoms with Crippen LogP contribution in [0.2, 0.25) is 0 Å². The summed E-state index contributed by atoms with van der Waals surface area (Å²) in [6, 6.07) is 11.3. The van der Waals surface area contributed by atoms with E-state index in [9.17, 15) is 70.3 Å². The number of nitrogens with one attached hydrogen (secondary N) is 2. The van der Waals surface area contributed by atoms with Gasteiger partial charge in [0, 0.05) is 49.2 Å². The van der Waals surface area contributed by atoms with Crippen LogP contribution in [0.5, 0.6) is 0 Å². The van der Waals surface area contributed by atoms with E-state index in [0.29, 0.717) is 22.2 Å². The molecule has 4 atom stereocenters. The maximum absolute atomic E-state index is 14.7. The number of nitro benzene ring substituents is 6. The summed E-state index contributed by atoms with van der Waals surface area (Å²) in [4.78, 5) is 94.3. The molecule has 4 unspecified atom stereocenters. The molecule has 2 heterocycles. The molecule has 3 aliphatic rings. The predicted octanol–water partition coefficient (Wildman–Crippen LogP) is 5.11. The average Bonchev–Trinajstić information content (AvgIpc) is 3.66. The normalized spacial score (nSPS) is 22.2. The van der Waals surface area contributed by atoms with Crippen molar-refractivity contribution in [3.63, 3.8) is 0 Å². The van der Waals surface area contributed by atoms with Crippen molar-refractivity contribution in [2.75, 3.05) is 10.0 Å². The summed E-state index contributed by atoms with van der Waals surface area (Å²) in [6.07, 6.45) is -1.20. The van der Waals surface area contributed by atoms with E-state index >= 15 is 0 Å². The number of benzene rings is 4. The number of nitro groups is 6. The highest BCUT2D eigenvalue weighted by molar-refractivity contribution is 6.08. The lowest BCUT2D eigenvalue weighted by Crippen LogP contribution is -2.62. The predicted molar refractivity (Wildman–Crippen MR) is 198 cm³/mol. The smallest absolute Gasteiger partial charge is 0.270 e. The zero-order valence-corrected chi connectivity index (χ0v) is 29.7. The van der Waals surface area contributed by atoms with Gasteiger partial charge in [0.2, 0.25) is 0 Å². The lowest BCUT2D eigenvalue weighted by Gasteiger charge is -2.41. The van der Waals surface area contributed by atoms with Crippen molar-refractivity contribution in [3.8, 4) is 0 Å². The Bertz CT molecular complexity index is 2450. The molecule has 304 valence electrons. The lowest BCUT2D eigenvalue weighted by molar-refractivity contribution is -0.394. The molecule has 4 aromatic rings. The quantitative estimate of drug-likeness (QED) is 0.106. The lowest BCUT2D eigenvalue weighted by atomic mass is 9.67. The van der Waals surface area contributed by atoms with E-state index in [0.717, 1.165) is 48.5 Å². The monoisotopic (exact) mass is 826 g/mol. The Hall–Kier alpha value is -8.66. The fourth-order valence-electron chi connectivity index (χ4n) is 7.00. The molecule has 1 aliphatic carbocycles. The molecule has 0 spiro atoms. The summed E-state index contributed by atoms with van der Waals surface area (Å²) < 4.78 is 0. The number of hydrogen-bond acceptors (Lipinski definition) is 20. The van der Waals surface area contributed by atoms with Gasteiger partial charge in [0.1, 0.15) is 11.4 Å². The van der Waals surface area contributed by atoms with Crippen LogP contribution in [-0.2, 0) is 9.59 Å². The molecule has 2 N–H and O–H groups in total. The third-order valence-corrected chi connectivity index (χ3v) is 9.92. The Morgan fingerprint density at radius 2 is 0.800 bits per heavy atom. The zero-order chi connectivity index (χ0) is 43.3. The summed E-state index contributed by atoms with van der Waals surface area (Å²) >= 11 is 0. The number of carbonyl (C=O) groups excluding carboxylic acids is 2. The van der Waals surface area contributed by atoms with E-state index in [2.05, 4.69) is 31.3 Å². The van der Waals surface area contributed by atoms with Crippen LogP contribution in [0.25, 0.3) is 0 Å². The first-order chi connectivity index (χ1) is 28.4. The van der Waals surface area contributed by atoms with E-state index in [-0.39, 0.29) is 22.7 Å². The number of nitrogens with zero attached hydrogens (tertiary/aromatic N) is 12. The summed E-state index contributed by atoms with van der Waals surface area (Å²) in [5.41, 5.74) is -3.45.